The molecule has 2 aromatic rings. The van der Waals surface area contributed by atoms with Gasteiger partial charge in [0, 0.05) is 24.4 Å². The van der Waals surface area contributed by atoms with E-state index in [0.717, 1.165) is 29.6 Å². The van der Waals surface area contributed by atoms with Crippen LogP contribution in [0.1, 0.15) is 18.2 Å². The van der Waals surface area contributed by atoms with E-state index in [0.29, 0.717) is 16.5 Å². The van der Waals surface area contributed by atoms with E-state index in [1.54, 1.807) is 7.05 Å². The highest BCUT2D eigenvalue weighted by Crippen LogP contribution is 2.34. The topological polar surface area (TPSA) is 64.0 Å². The number of rotatable bonds is 4. The van der Waals surface area contributed by atoms with Crippen LogP contribution >= 0.6 is 23.5 Å². The van der Waals surface area contributed by atoms with E-state index in [9.17, 15) is 22.8 Å². The van der Waals surface area contributed by atoms with E-state index in [1.807, 2.05) is 6.92 Å². The Kier molecular flexibility index (Phi) is 5.57. The molecule has 0 unspecified atom stereocenters. The van der Waals surface area contributed by atoms with Gasteiger partial charge in [-0.2, -0.15) is 13.2 Å². The Morgan fingerprint density at radius 2 is 2.19 bits per heavy atom. The lowest BCUT2D eigenvalue weighted by atomic mass is 10.2. The van der Waals surface area contributed by atoms with Gasteiger partial charge in [0.25, 0.3) is 5.56 Å². The molecule has 3 rings (SSSR count). The predicted molar refractivity (Wildman–Crippen MR) is 99.3 cm³/mol. The van der Waals surface area contributed by atoms with Gasteiger partial charge in [0.2, 0.25) is 5.91 Å². The van der Waals surface area contributed by atoms with Crippen molar-refractivity contribution in [1.82, 2.24) is 9.55 Å². The van der Waals surface area contributed by atoms with Gasteiger partial charge in [-0.15, -0.1) is 11.8 Å². The molecule has 1 aliphatic heterocycles. The summed E-state index contributed by atoms with van der Waals surface area (Å²) in [6.07, 6.45) is -3.78. The van der Waals surface area contributed by atoms with E-state index in [-0.39, 0.29) is 22.2 Å². The Balaban J connectivity index is 1.68. The molecule has 0 saturated heterocycles. The molecule has 1 atom stereocenters. The second kappa shape index (κ2) is 7.59. The first-order chi connectivity index (χ1) is 12.6. The predicted octanol–water partition coefficient (Wildman–Crippen LogP) is 3.57. The van der Waals surface area contributed by atoms with E-state index in [2.05, 4.69) is 10.3 Å². The average Bonchev–Trinajstić information content (AvgIpc) is 2.97. The van der Waals surface area contributed by atoms with Crippen LogP contribution in [-0.2, 0) is 24.4 Å². The first kappa shape index (κ1) is 19.8. The molecule has 5 nitrogen and oxygen atoms in total. The number of nitrogens with zero attached hydrogens (tertiary/aromatic N) is 2. The number of amides is 1. The smallest absolute Gasteiger partial charge is 0.325 e. The van der Waals surface area contributed by atoms with Crippen LogP contribution in [0.2, 0.25) is 0 Å². The molecular weight excluding hydrogens is 399 g/mol. The van der Waals surface area contributed by atoms with E-state index < -0.39 is 17.6 Å². The first-order valence-electron chi connectivity index (χ1n) is 8.01. The molecule has 27 heavy (non-hydrogen) atoms. The molecule has 144 valence electrons. The van der Waals surface area contributed by atoms with Crippen molar-refractivity contribution in [3.63, 3.8) is 0 Å². The lowest BCUT2D eigenvalue weighted by molar-refractivity contribution is -0.137. The molecule has 10 heteroatoms. The van der Waals surface area contributed by atoms with E-state index in [4.69, 9.17) is 0 Å². The Morgan fingerprint density at radius 1 is 1.44 bits per heavy atom. The molecule has 1 N–H and O–H groups in total. The first-order valence-corrected chi connectivity index (χ1v) is 9.88. The number of nitrogens with one attached hydrogen (secondary N) is 1. The molecule has 1 amide bonds. The maximum Gasteiger partial charge on any atom is 0.416 e. The summed E-state index contributed by atoms with van der Waals surface area (Å²) in [5.74, 6) is -0.547. The van der Waals surface area contributed by atoms with E-state index >= 15 is 0 Å². The van der Waals surface area contributed by atoms with Crippen LogP contribution in [0, 0.1) is 0 Å². The minimum Gasteiger partial charge on any atom is -0.325 e. The summed E-state index contributed by atoms with van der Waals surface area (Å²) in [6.45, 7) is 2.01. The molecule has 0 spiro atoms. The quantitative estimate of drug-likeness (QED) is 0.611. The van der Waals surface area contributed by atoms with E-state index in [1.165, 1.54) is 28.5 Å². The Labute approximate surface area is 161 Å². The van der Waals surface area contributed by atoms with Gasteiger partial charge in [0.1, 0.15) is 0 Å². The summed E-state index contributed by atoms with van der Waals surface area (Å²) in [7, 11) is 1.59. The summed E-state index contributed by atoms with van der Waals surface area (Å²) in [5, 5.41) is 3.13. The Bertz CT molecular complexity index is 944. The number of thioether (sulfide) groups is 2. The minimum atomic E-state index is -4.47. The fourth-order valence-corrected chi connectivity index (χ4v) is 4.54. The standard InChI is InChI=1S/C17H16F3N3O2S2/c1-9-6-12-14(27-9)15(25)23(2)16(22-12)26-8-13(24)21-11-5-3-4-10(7-11)17(18,19)20/h3-5,7,9H,6,8H2,1-2H3,(H,21,24)/t9-/m0/s1. The maximum absolute atomic E-state index is 12.7. The third kappa shape index (κ3) is 4.49. The van der Waals surface area contributed by atoms with Gasteiger partial charge in [-0.05, 0) is 18.2 Å². The molecule has 0 radical (unpaired) electrons. The summed E-state index contributed by atoms with van der Waals surface area (Å²) in [5.41, 5.74) is -0.176. The normalized spacial score (nSPS) is 16.3. The third-order valence-electron chi connectivity index (χ3n) is 3.88. The van der Waals surface area contributed by atoms with Crippen molar-refractivity contribution in [1.29, 1.82) is 0 Å². The zero-order valence-electron chi connectivity index (χ0n) is 14.5. The number of carbonyl (C=O) groups excluding carboxylic acids is 1. The Morgan fingerprint density at radius 3 is 2.89 bits per heavy atom. The highest BCUT2D eigenvalue weighted by Gasteiger charge is 2.30. The van der Waals surface area contributed by atoms with Crippen LogP contribution in [0.3, 0.4) is 0 Å². The SMILES string of the molecule is C[C@H]1Cc2nc(SCC(=O)Nc3cccc(C(F)(F)F)c3)n(C)c(=O)c2S1. The zero-order chi connectivity index (χ0) is 19.8. The van der Waals surface area contributed by atoms with Gasteiger partial charge in [0.05, 0.1) is 21.9 Å². The van der Waals surface area contributed by atoms with Gasteiger partial charge >= 0.3 is 6.18 Å². The van der Waals surface area contributed by atoms with Crippen molar-refractivity contribution in [2.45, 2.75) is 34.8 Å². The van der Waals surface area contributed by atoms with Crippen LogP contribution in [-0.4, -0.2) is 26.5 Å². The van der Waals surface area contributed by atoms with Crippen molar-refractivity contribution in [3.05, 3.63) is 45.9 Å². The molecule has 0 aliphatic carbocycles. The van der Waals surface area contributed by atoms with Crippen molar-refractivity contribution < 1.29 is 18.0 Å². The number of hydrogen-bond acceptors (Lipinski definition) is 5. The number of alkyl halides is 3. The van der Waals surface area contributed by atoms with Crippen LogP contribution in [0.15, 0.2) is 39.1 Å². The Hall–Kier alpha value is -1.94. The lowest BCUT2D eigenvalue weighted by Gasteiger charge is -2.11. The second-order valence-electron chi connectivity index (χ2n) is 6.08. The van der Waals surface area contributed by atoms with Crippen molar-refractivity contribution in [2.24, 2.45) is 7.05 Å². The number of benzene rings is 1. The highest BCUT2D eigenvalue weighted by atomic mass is 32.2. The summed E-state index contributed by atoms with van der Waals surface area (Å²) < 4.78 is 39.6. The van der Waals surface area contributed by atoms with Crippen LogP contribution in [0.4, 0.5) is 18.9 Å². The molecule has 1 aliphatic rings. The van der Waals surface area contributed by atoms with Gasteiger partial charge in [-0.3, -0.25) is 14.2 Å². The van der Waals surface area contributed by atoms with Crippen molar-refractivity contribution in [3.8, 4) is 0 Å². The molecular formula is C17H16F3N3O2S2. The van der Waals surface area contributed by atoms with Gasteiger partial charge in [-0.25, -0.2) is 4.98 Å². The minimum absolute atomic E-state index is 0.0662. The number of carbonyl (C=O) groups is 1. The molecule has 0 fully saturated rings. The van der Waals surface area contributed by atoms with Crippen LogP contribution < -0.4 is 10.9 Å². The molecule has 0 saturated carbocycles. The number of anilines is 1. The largest absolute Gasteiger partial charge is 0.416 e. The zero-order valence-corrected chi connectivity index (χ0v) is 16.1. The number of halogens is 3. The highest BCUT2D eigenvalue weighted by molar-refractivity contribution is 8.00. The maximum atomic E-state index is 12.7. The van der Waals surface area contributed by atoms with Gasteiger partial charge in [0.15, 0.2) is 5.16 Å². The second-order valence-corrected chi connectivity index (χ2v) is 8.47. The fraction of sp³-hybridized carbons (Fsp3) is 0.353. The van der Waals surface area contributed by atoms with Crippen molar-refractivity contribution >= 4 is 35.1 Å². The lowest BCUT2D eigenvalue weighted by Crippen LogP contribution is -2.23. The average molecular weight is 415 g/mol. The molecule has 0 bridgehead atoms. The summed E-state index contributed by atoms with van der Waals surface area (Å²) in [6, 6.07) is 4.44. The molecule has 1 aromatic carbocycles. The fourth-order valence-electron chi connectivity index (χ4n) is 2.61. The molecule has 1 aromatic heterocycles. The summed E-state index contributed by atoms with van der Waals surface area (Å²) in [4.78, 5) is 29.6. The number of fused-ring (bicyclic) bond motifs is 1. The van der Waals surface area contributed by atoms with Crippen LogP contribution in [0.5, 0.6) is 0 Å². The monoisotopic (exact) mass is 415 g/mol. The van der Waals surface area contributed by atoms with Gasteiger partial charge in [-0.1, -0.05) is 24.8 Å². The third-order valence-corrected chi connectivity index (χ3v) is 6.13. The van der Waals surface area contributed by atoms with Crippen LogP contribution in [0.25, 0.3) is 0 Å². The molecule has 2 heterocycles. The number of aromatic nitrogens is 2. The van der Waals surface area contributed by atoms with Gasteiger partial charge < -0.3 is 5.32 Å². The number of hydrogen-bond donors (Lipinski definition) is 1. The summed E-state index contributed by atoms with van der Waals surface area (Å²) >= 11 is 2.57. The van der Waals surface area contributed by atoms with Crippen molar-refractivity contribution in [2.75, 3.05) is 11.1 Å².